The fraction of sp³-hybridized carbons (Fsp3) is 0.462. The second-order valence-corrected chi connectivity index (χ2v) is 4.39. The lowest BCUT2D eigenvalue weighted by Crippen LogP contribution is -2.25. The van der Waals surface area contributed by atoms with E-state index in [9.17, 15) is 4.79 Å². The molecule has 17 heavy (non-hydrogen) atoms. The number of aromatic carboxylic acids is 1. The van der Waals surface area contributed by atoms with Crippen molar-refractivity contribution in [3.63, 3.8) is 0 Å². The Morgan fingerprint density at radius 1 is 1.47 bits per heavy atom. The van der Waals surface area contributed by atoms with Gasteiger partial charge in [0.15, 0.2) is 0 Å². The van der Waals surface area contributed by atoms with E-state index >= 15 is 0 Å². The van der Waals surface area contributed by atoms with Crippen LogP contribution in [0.15, 0.2) is 18.2 Å². The molecule has 0 heterocycles. The molecule has 0 aliphatic rings. The molecule has 0 bridgehead atoms. The Morgan fingerprint density at radius 2 is 2.12 bits per heavy atom. The molecule has 4 nitrogen and oxygen atoms in total. The highest BCUT2D eigenvalue weighted by Gasteiger charge is 2.16. The number of nitrogens with one attached hydrogen (secondary N) is 1. The van der Waals surface area contributed by atoms with E-state index in [0.717, 1.165) is 6.42 Å². The second kappa shape index (κ2) is 5.57. The monoisotopic (exact) mass is 236 g/mol. The molecule has 0 saturated carbocycles. The van der Waals surface area contributed by atoms with Crippen LogP contribution in [-0.2, 0) is 0 Å². The van der Waals surface area contributed by atoms with Crippen molar-refractivity contribution in [2.75, 3.05) is 11.1 Å². The van der Waals surface area contributed by atoms with Crippen LogP contribution >= 0.6 is 0 Å². The molecule has 0 aliphatic heterocycles. The van der Waals surface area contributed by atoms with Crippen LogP contribution < -0.4 is 11.1 Å². The lowest BCUT2D eigenvalue weighted by atomic mass is 10.00. The Bertz CT molecular complexity index is 404. The second-order valence-electron chi connectivity index (χ2n) is 4.39. The first-order chi connectivity index (χ1) is 7.97. The zero-order valence-electron chi connectivity index (χ0n) is 10.5. The van der Waals surface area contributed by atoms with Gasteiger partial charge in [-0.15, -0.1) is 0 Å². The standard InChI is InChI=1S/C13H20N2O2/c1-4-8(2)9(3)15-12-10(13(16)17)6-5-7-11(12)14/h5-9,15H,4,14H2,1-3H3,(H,16,17). The van der Waals surface area contributed by atoms with E-state index in [2.05, 4.69) is 19.2 Å². The van der Waals surface area contributed by atoms with Crippen molar-refractivity contribution in [3.8, 4) is 0 Å². The molecular formula is C13H20N2O2. The van der Waals surface area contributed by atoms with Crippen LogP contribution in [-0.4, -0.2) is 17.1 Å². The van der Waals surface area contributed by atoms with Gasteiger partial charge in [-0.3, -0.25) is 0 Å². The van der Waals surface area contributed by atoms with Gasteiger partial charge in [0.05, 0.1) is 16.9 Å². The molecule has 1 rings (SSSR count). The SMILES string of the molecule is CCC(C)C(C)Nc1c(N)cccc1C(=O)O. The lowest BCUT2D eigenvalue weighted by Gasteiger charge is -2.23. The number of para-hydroxylation sites is 1. The van der Waals surface area contributed by atoms with Crippen molar-refractivity contribution in [2.45, 2.75) is 33.2 Å². The highest BCUT2D eigenvalue weighted by Crippen LogP contribution is 2.26. The summed E-state index contributed by atoms with van der Waals surface area (Å²) < 4.78 is 0. The van der Waals surface area contributed by atoms with Gasteiger partial charge in [-0.05, 0) is 25.0 Å². The van der Waals surface area contributed by atoms with Crippen LogP contribution in [0.3, 0.4) is 0 Å². The molecule has 0 aromatic heterocycles. The van der Waals surface area contributed by atoms with Gasteiger partial charge in [-0.2, -0.15) is 0 Å². The zero-order chi connectivity index (χ0) is 13.0. The maximum Gasteiger partial charge on any atom is 0.337 e. The third-order valence-corrected chi connectivity index (χ3v) is 3.20. The van der Waals surface area contributed by atoms with Crippen molar-refractivity contribution in [1.29, 1.82) is 0 Å². The van der Waals surface area contributed by atoms with Gasteiger partial charge in [0.2, 0.25) is 0 Å². The Hall–Kier alpha value is -1.71. The minimum Gasteiger partial charge on any atom is -0.478 e. The maximum atomic E-state index is 11.1. The van der Waals surface area contributed by atoms with E-state index in [1.54, 1.807) is 18.2 Å². The molecule has 94 valence electrons. The van der Waals surface area contributed by atoms with Crippen LogP contribution in [0, 0.1) is 5.92 Å². The summed E-state index contributed by atoms with van der Waals surface area (Å²) in [4.78, 5) is 11.1. The van der Waals surface area contributed by atoms with E-state index in [4.69, 9.17) is 10.8 Å². The summed E-state index contributed by atoms with van der Waals surface area (Å²) in [5.41, 5.74) is 7.04. The van der Waals surface area contributed by atoms with Gasteiger partial charge in [0.25, 0.3) is 0 Å². The first-order valence-corrected chi connectivity index (χ1v) is 5.85. The van der Waals surface area contributed by atoms with Gasteiger partial charge in [0, 0.05) is 6.04 Å². The molecule has 2 unspecified atom stereocenters. The van der Waals surface area contributed by atoms with Crippen molar-refractivity contribution in [3.05, 3.63) is 23.8 Å². The summed E-state index contributed by atoms with van der Waals surface area (Å²) in [6.45, 7) is 6.26. The van der Waals surface area contributed by atoms with Gasteiger partial charge >= 0.3 is 5.97 Å². The number of carbonyl (C=O) groups is 1. The first kappa shape index (κ1) is 13.4. The highest BCUT2D eigenvalue weighted by atomic mass is 16.4. The number of anilines is 2. The normalized spacial score (nSPS) is 14.1. The summed E-state index contributed by atoms with van der Waals surface area (Å²) >= 11 is 0. The van der Waals surface area contributed by atoms with E-state index in [1.807, 2.05) is 6.92 Å². The molecule has 4 N–H and O–H groups in total. The predicted molar refractivity (Wildman–Crippen MR) is 70.4 cm³/mol. The smallest absolute Gasteiger partial charge is 0.337 e. The van der Waals surface area contributed by atoms with Crippen LogP contribution in [0.2, 0.25) is 0 Å². The molecule has 1 aromatic carbocycles. The summed E-state index contributed by atoms with van der Waals surface area (Å²) in [6.07, 6.45) is 1.03. The van der Waals surface area contributed by atoms with Crippen LogP contribution in [0.1, 0.15) is 37.6 Å². The Balaban J connectivity index is 3.00. The fourth-order valence-electron chi connectivity index (χ4n) is 1.63. The molecule has 0 amide bonds. The van der Waals surface area contributed by atoms with Gasteiger partial charge in [0.1, 0.15) is 0 Å². The minimum absolute atomic E-state index is 0.183. The molecule has 1 aromatic rings. The Labute approximate surface area is 102 Å². The summed E-state index contributed by atoms with van der Waals surface area (Å²) in [7, 11) is 0. The number of hydrogen-bond donors (Lipinski definition) is 3. The molecule has 0 fully saturated rings. The summed E-state index contributed by atoms with van der Waals surface area (Å²) in [6, 6.07) is 5.10. The maximum absolute atomic E-state index is 11.1. The van der Waals surface area contributed by atoms with E-state index in [-0.39, 0.29) is 11.6 Å². The largest absolute Gasteiger partial charge is 0.478 e. The molecule has 0 spiro atoms. The topological polar surface area (TPSA) is 75.3 Å². The Kier molecular flexibility index (Phi) is 4.37. The van der Waals surface area contributed by atoms with Gasteiger partial charge in [-0.25, -0.2) is 4.79 Å². The number of hydrogen-bond acceptors (Lipinski definition) is 3. The number of rotatable bonds is 5. The van der Waals surface area contributed by atoms with Crippen LogP contribution in [0.25, 0.3) is 0 Å². The number of carboxylic acids is 1. The fourth-order valence-corrected chi connectivity index (χ4v) is 1.63. The first-order valence-electron chi connectivity index (χ1n) is 5.85. The molecule has 4 heteroatoms. The van der Waals surface area contributed by atoms with Crippen molar-refractivity contribution < 1.29 is 9.90 Å². The van der Waals surface area contributed by atoms with Gasteiger partial charge < -0.3 is 16.2 Å². The zero-order valence-corrected chi connectivity index (χ0v) is 10.5. The van der Waals surface area contributed by atoms with E-state index < -0.39 is 5.97 Å². The van der Waals surface area contributed by atoms with Crippen molar-refractivity contribution in [1.82, 2.24) is 0 Å². The number of nitrogens with two attached hydrogens (primary N) is 1. The number of nitrogen functional groups attached to an aromatic ring is 1. The number of benzene rings is 1. The quantitative estimate of drug-likeness (QED) is 0.687. The van der Waals surface area contributed by atoms with Crippen LogP contribution in [0.5, 0.6) is 0 Å². The predicted octanol–water partition coefficient (Wildman–Crippen LogP) is 2.81. The van der Waals surface area contributed by atoms with Crippen molar-refractivity contribution in [2.24, 2.45) is 5.92 Å². The lowest BCUT2D eigenvalue weighted by molar-refractivity contribution is 0.0698. The van der Waals surface area contributed by atoms with Crippen molar-refractivity contribution >= 4 is 17.3 Å². The third kappa shape index (κ3) is 3.12. The Morgan fingerprint density at radius 3 is 2.65 bits per heavy atom. The molecule has 2 atom stereocenters. The molecule has 0 saturated heterocycles. The third-order valence-electron chi connectivity index (χ3n) is 3.20. The van der Waals surface area contributed by atoms with Gasteiger partial charge in [-0.1, -0.05) is 26.3 Å². The summed E-state index contributed by atoms with van der Waals surface area (Å²) in [5, 5.41) is 12.3. The average Bonchev–Trinajstić information content (AvgIpc) is 2.30. The minimum atomic E-state index is -0.962. The molecule has 0 aliphatic carbocycles. The van der Waals surface area contributed by atoms with Crippen LogP contribution in [0.4, 0.5) is 11.4 Å². The summed E-state index contributed by atoms with van der Waals surface area (Å²) in [5.74, 6) is -0.507. The average molecular weight is 236 g/mol. The highest BCUT2D eigenvalue weighted by molar-refractivity contribution is 5.97. The number of carboxylic acid groups (broad SMARTS) is 1. The molecular weight excluding hydrogens is 216 g/mol. The molecule has 0 radical (unpaired) electrons. The van der Waals surface area contributed by atoms with E-state index in [0.29, 0.717) is 17.3 Å². The van der Waals surface area contributed by atoms with E-state index in [1.165, 1.54) is 0 Å².